The van der Waals surface area contributed by atoms with E-state index in [0.717, 1.165) is 57.4 Å². The molecule has 5 heteroatoms. The summed E-state index contributed by atoms with van der Waals surface area (Å²) in [6.07, 6.45) is 1.000. The van der Waals surface area contributed by atoms with E-state index in [2.05, 4.69) is 116 Å². The van der Waals surface area contributed by atoms with E-state index in [4.69, 9.17) is 14.2 Å². The van der Waals surface area contributed by atoms with Gasteiger partial charge in [-0.1, -0.05) is 189 Å². The monoisotopic (exact) mass is 754 g/mol. The molecule has 0 spiro atoms. The molecule has 1 heterocycles. The fraction of sp³-hybridized carbons (Fsp3) is 0.250. The van der Waals surface area contributed by atoms with Crippen molar-refractivity contribution in [1.82, 2.24) is 0 Å². The second-order valence-corrected chi connectivity index (χ2v) is 15.3. The molecule has 1 saturated heterocycles. The van der Waals surface area contributed by atoms with Gasteiger partial charge in [-0.25, -0.2) is 0 Å². The minimum atomic E-state index is -0.928. The van der Waals surface area contributed by atoms with E-state index in [9.17, 15) is 9.90 Å². The number of carbonyl (C=O) groups excluding carboxylic acids is 1. The first-order valence-corrected chi connectivity index (χ1v) is 20.2. The molecule has 6 aromatic carbocycles. The fourth-order valence-electron chi connectivity index (χ4n) is 9.21. The van der Waals surface area contributed by atoms with Crippen molar-refractivity contribution in [1.29, 1.82) is 0 Å². The van der Waals surface area contributed by atoms with Crippen LogP contribution in [0.3, 0.4) is 0 Å². The van der Waals surface area contributed by atoms with Crippen molar-refractivity contribution < 1.29 is 24.1 Å². The first-order valence-electron chi connectivity index (χ1n) is 20.2. The summed E-state index contributed by atoms with van der Waals surface area (Å²) in [6.45, 7) is 2.97. The number of aliphatic hydroxyl groups is 1. The van der Waals surface area contributed by atoms with Gasteiger partial charge in [-0.05, 0) is 69.7 Å². The van der Waals surface area contributed by atoms with Gasteiger partial charge in [0.1, 0.15) is 17.3 Å². The fourth-order valence-corrected chi connectivity index (χ4v) is 9.21. The van der Waals surface area contributed by atoms with Crippen molar-refractivity contribution in [2.75, 3.05) is 13.2 Å². The molecular formula is C52H50O5. The van der Waals surface area contributed by atoms with Gasteiger partial charge in [0.15, 0.2) is 0 Å². The summed E-state index contributed by atoms with van der Waals surface area (Å²) in [5.74, 6) is -0.499. The molecule has 1 N–H and O–H groups in total. The summed E-state index contributed by atoms with van der Waals surface area (Å²) < 4.78 is 20.5. The van der Waals surface area contributed by atoms with E-state index in [-0.39, 0.29) is 30.8 Å². The average molecular weight is 755 g/mol. The molecule has 0 unspecified atom stereocenters. The van der Waals surface area contributed by atoms with Crippen LogP contribution in [0.15, 0.2) is 193 Å². The minimum Gasteiger partial charge on any atom is -0.457 e. The molecule has 0 aromatic heterocycles. The summed E-state index contributed by atoms with van der Waals surface area (Å²) in [4.78, 5) is 12.9. The van der Waals surface area contributed by atoms with Gasteiger partial charge in [-0.3, -0.25) is 4.79 Å². The Bertz CT molecular complexity index is 2030. The van der Waals surface area contributed by atoms with Crippen LogP contribution in [0.4, 0.5) is 0 Å². The summed E-state index contributed by atoms with van der Waals surface area (Å²) in [5.41, 5.74) is 6.56. The van der Waals surface area contributed by atoms with Crippen LogP contribution < -0.4 is 0 Å². The van der Waals surface area contributed by atoms with Crippen LogP contribution in [-0.4, -0.2) is 36.5 Å². The van der Waals surface area contributed by atoms with Gasteiger partial charge in [0.05, 0.1) is 19.1 Å². The number of benzene rings is 6. The van der Waals surface area contributed by atoms with Gasteiger partial charge in [-0.15, -0.1) is 0 Å². The van der Waals surface area contributed by atoms with Crippen LogP contribution in [0.1, 0.15) is 66.0 Å². The van der Waals surface area contributed by atoms with Crippen LogP contribution in [0.5, 0.6) is 0 Å². The second-order valence-electron chi connectivity index (χ2n) is 15.3. The number of fused-ring (bicyclic) bond motifs is 1. The number of hydrogen-bond donors (Lipinski definition) is 1. The van der Waals surface area contributed by atoms with Crippen molar-refractivity contribution in [2.24, 2.45) is 11.8 Å². The number of carbonyl (C=O) groups is 1. The average Bonchev–Trinajstić information content (AvgIpc) is 3.67. The van der Waals surface area contributed by atoms with Gasteiger partial charge < -0.3 is 19.3 Å². The lowest BCUT2D eigenvalue weighted by Gasteiger charge is -2.39. The third-order valence-electron chi connectivity index (χ3n) is 11.9. The van der Waals surface area contributed by atoms with E-state index in [1.54, 1.807) is 0 Å². The molecule has 0 bridgehead atoms. The highest BCUT2D eigenvalue weighted by atomic mass is 16.6. The number of hydrogen-bond acceptors (Lipinski definition) is 5. The number of ether oxygens (including phenoxy) is 3. The van der Waals surface area contributed by atoms with Crippen molar-refractivity contribution in [3.05, 3.63) is 227 Å². The molecule has 0 saturated carbocycles. The SMILES string of the molecule is C[C@@H](CCCOC(c1ccccc1)(c1ccccc1)c1ccccc1)C1=C(COC(c2ccccc2)(c2ccccc2)c2ccccc2)C[C@@H](O)[C@H]2CC(=O)O[C@@H]12. The molecular weight excluding hydrogens is 705 g/mol. The molecule has 8 rings (SSSR count). The first-order chi connectivity index (χ1) is 28.0. The lowest BCUT2D eigenvalue weighted by Crippen LogP contribution is -2.40. The predicted molar refractivity (Wildman–Crippen MR) is 224 cm³/mol. The van der Waals surface area contributed by atoms with Crippen molar-refractivity contribution in [2.45, 2.75) is 56.0 Å². The summed E-state index contributed by atoms with van der Waals surface area (Å²) in [6, 6.07) is 62.4. The van der Waals surface area contributed by atoms with E-state index < -0.39 is 23.4 Å². The third-order valence-corrected chi connectivity index (χ3v) is 11.9. The Morgan fingerprint density at radius 3 is 1.33 bits per heavy atom. The molecule has 6 aromatic rings. The molecule has 57 heavy (non-hydrogen) atoms. The predicted octanol–water partition coefficient (Wildman–Crippen LogP) is 10.4. The van der Waals surface area contributed by atoms with Gasteiger partial charge in [-0.2, -0.15) is 0 Å². The van der Waals surface area contributed by atoms with Crippen molar-refractivity contribution in [3.63, 3.8) is 0 Å². The number of esters is 1. The van der Waals surface area contributed by atoms with Crippen LogP contribution in [0.2, 0.25) is 0 Å². The van der Waals surface area contributed by atoms with E-state index >= 15 is 0 Å². The van der Waals surface area contributed by atoms with Gasteiger partial charge in [0.2, 0.25) is 0 Å². The zero-order chi connectivity index (χ0) is 39.1. The Kier molecular flexibility index (Phi) is 11.6. The number of rotatable bonds is 15. The molecule has 0 amide bonds. The van der Waals surface area contributed by atoms with Crippen molar-refractivity contribution in [3.8, 4) is 0 Å². The Morgan fingerprint density at radius 2 is 0.947 bits per heavy atom. The molecule has 288 valence electrons. The standard InChI is InChI=1S/C52H50O5/c1-38(21-20-34-55-51(40-22-8-2-9-23-40,41-24-10-3-11-25-41)42-26-12-4-13-27-42)49-39(35-47(53)46-36-48(54)57-50(46)49)37-56-52(43-28-14-5-15-29-43,44-30-16-6-17-31-44)45-32-18-7-19-33-45/h2-19,22-33,38,46-47,50,53H,20-21,34-37H2,1H3/t38-,46+,47+,50+/m0/s1. The Labute approximate surface area is 336 Å². The Morgan fingerprint density at radius 1 is 0.579 bits per heavy atom. The van der Waals surface area contributed by atoms with Crippen LogP contribution in [0, 0.1) is 11.8 Å². The molecule has 2 aliphatic rings. The van der Waals surface area contributed by atoms with E-state index in [0.29, 0.717) is 13.0 Å². The first kappa shape index (κ1) is 38.3. The zero-order valence-corrected chi connectivity index (χ0v) is 32.5. The smallest absolute Gasteiger partial charge is 0.306 e. The third kappa shape index (κ3) is 7.63. The highest BCUT2D eigenvalue weighted by Gasteiger charge is 2.48. The summed E-state index contributed by atoms with van der Waals surface area (Å²) >= 11 is 0. The van der Waals surface area contributed by atoms with Crippen molar-refractivity contribution >= 4 is 5.97 Å². The van der Waals surface area contributed by atoms with Crippen LogP contribution in [0.25, 0.3) is 0 Å². The molecule has 4 atom stereocenters. The maximum absolute atomic E-state index is 12.9. The quantitative estimate of drug-likeness (QED) is 0.0490. The Balaban J connectivity index is 1.12. The lowest BCUT2D eigenvalue weighted by molar-refractivity contribution is -0.140. The molecule has 0 radical (unpaired) electrons. The largest absolute Gasteiger partial charge is 0.457 e. The van der Waals surface area contributed by atoms with E-state index in [1.165, 1.54) is 0 Å². The highest BCUT2D eigenvalue weighted by molar-refractivity contribution is 5.73. The maximum Gasteiger partial charge on any atom is 0.306 e. The summed E-state index contributed by atoms with van der Waals surface area (Å²) in [7, 11) is 0. The van der Waals surface area contributed by atoms with E-state index in [1.807, 2.05) is 72.8 Å². The lowest BCUT2D eigenvalue weighted by atomic mass is 9.74. The number of aliphatic hydroxyl groups excluding tert-OH is 1. The molecule has 1 aliphatic heterocycles. The normalized spacial score (nSPS) is 18.8. The zero-order valence-electron chi connectivity index (χ0n) is 32.5. The topological polar surface area (TPSA) is 65.0 Å². The van der Waals surface area contributed by atoms with Crippen LogP contribution >= 0.6 is 0 Å². The molecule has 1 fully saturated rings. The highest BCUT2D eigenvalue weighted by Crippen LogP contribution is 2.46. The van der Waals surface area contributed by atoms with Crippen LogP contribution in [-0.2, 0) is 30.2 Å². The molecule has 5 nitrogen and oxygen atoms in total. The van der Waals surface area contributed by atoms with Gasteiger partial charge in [0.25, 0.3) is 0 Å². The maximum atomic E-state index is 12.9. The molecule has 1 aliphatic carbocycles. The minimum absolute atomic E-state index is 0.0391. The second kappa shape index (κ2) is 17.3. The Hall–Kier alpha value is -5.59. The summed E-state index contributed by atoms with van der Waals surface area (Å²) in [5, 5.41) is 11.5. The van der Waals surface area contributed by atoms with Gasteiger partial charge in [0, 0.05) is 12.5 Å². The van der Waals surface area contributed by atoms with Gasteiger partial charge >= 0.3 is 5.97 Å².